The lowest BCUT2D eigenvalue weighted by Gasteiger charge is -2.36. The third-order valence-corrected chi connectivity index (χ3v) is 4.90. The quantitative estimate of drug-likeness (QED) is 0.679. The molecular formula is C22H21F3N2O4. The van der Waals surface area contributed by atoms with E-state index in [1.807, 2.05) is 31.2 Å². The summed E-state index contributed by atoms with van der Waals surface area (Å²) in [5.74, 6) is -0.546. The second kappa shape index (κ2) is 9.27. The van der Waals surface area contributed by atoms with Crippen LogP contribution in [0.25, 0.3) is 0 Å². The van der Waals surface area contributed by atoms with Crippen molar-refractivity contribution in [2.45, 2.75) is 26.3 Å². The largest absolute Gasteiger partial charge is 0.489 e. The number of carboxylic acid groups (broad SMARTS) is 1. The van der Waals surface area contributed by atoms with Gasteiger partial charge in [0.1, 0.15) is 24.2 Å². The van der Waals surface area contributed by atoms with Crippen molar-refractivity contribution in [3.63, 3.8) is 0 Å². The fourth-order valence-electron chi connectivity index (χ4n) is 3.29. The van der Waals surface area contributed by atoms with Gasteiger partial charge in [-0.2, -0.15) is 18.4 Å². The van der Waals surface area contributed by atoms with Gasteiger partial charge in [0, 0.05) is 19.6 Å². The lowest BCUT2D eigenvalue weighted by atomic mass is 9.99. The zero-order chi connectivity index (χ0) is 22.6. The molecule has 9 heteroatoms. The number of halogens is 3. The second-order valence-electron chi connectivity index (χ2n) is 7.46. The Morgan fingerprint density at radius 2 is 1.84 bits per heavy atom. The number of likely N-dealkylation sites (tertiary alicyclic amines) is 1. The molecule has 1 heterocycles. The highest BCUT2D eigenvalue weighted by Crippen LogP contribution is 2.26. The first-order valence-corrected chi connectivity index (χ1v) is 9.54. The summed E-state index contributed by atoms with van der Waals surface area (Å²) in [6.45, 7) is 2.31. The van der Waals surface area contributed by atoms with Crippen molar-refractivity contribution in [3.8, 4) is 17.6 Å². The SMILES string of the molecule is Cc1cc(CN2CC(C(=O)O)C2)ccc1OCc1ccc(OCC(F)(F)F)c(C#N)c1. The van der Waals surface area contributed by atoms with Crippen LogP contribution >= 0.6 is 0 Å². The van der Waals surface area contributed by atoms with Crippen molar-refractivity contribution >= 4 is 5.97 Å². The van der Waals surface area contributed by atoms with Gasteiger partial charge < -0.3 is 14.6 Å². The van der Waals surface area contributed by atoms with Crippen LogP contribution in [0.2, 0.25) is 0 Å². The fourth-order valence-corrected chi connectivity index (χ4v) is 3.29. The van der Waals surface area contributed by atoms with Gasteiger partial charge in [-0.3, -0.25) is 9.69 Å². The number of aliphatic carboxylic acids is 1. The molecule has 0 radical (unpaired) electrons. The molecule has 6 nitrogen and oxygen atoms in total. The molecule has 1 N–H and O–H groups in total. The van der Waals surface area contributed by atoms with Crippen molar-refractivity contribution < 1.29 is 32.5 Å². The molecule has 1 aliphatic heterocycles. The molecule has 0 atom stereocenters. The van der Waals surface area contributed by atoms with Gasteiger partial charge >= 0.3 is 12.1 Å². The van der Waals surface area contributed by atoms with E-state index in [0.717, 1.165) is 11.1 Å². The number of rotatable bonds is 8. The van der Waals surface area contributed by atoms with Gasteiger partial charge in [0.15, 0.2) is 6.61 Å². The zero-order valence-electron chi connectivity index (χ0n) is 16.8. The van der Waals surface area contributed by atoms with Crippen LogP contribution in [-0.4, -0.2) is 41.8 Å². The number of alkyl halides is 3. The van der Waals surface area contributed by atoms with Gasteiger partial charge in [-0.1, -0.05) is 18.2 Å². The van der Waals surface area contributed by atoms with Crippen LogP contribution in [0.1, 0.15) is 22.3 Å². The van der Waals surface area contributed by atoms with E-state index >= 15 is 0 Å². The number of nitrogens with zero attached hydrogens (tertiary/aromatic N) is 2. The minimum absolute atomic E-state index is 0.00614. The van der Waals surface area contributed by atoms with Crippen LogP contribution in [0.5, 0.6) is 11.5 Å². The number of carbonyl (C=O) groups is 1. The maximum Gasteiger partial charge on any atom is 0.422 e. The fraction of sp³-hybridized carbons (Fsp3) is 0.364. The molecule has 0 aromatic heterocycles. The Bertz CT molecular complexity index is 995. The molecular weight excluding hydrogens is 413 g/mol. The third-order valence-electron chi connectivity index (χ3n) is 4.90. The van der Waals surface area contributed by atoms with E-state index in [-0.39, 0.29) is 23.8 Å². The number of benzene rings is 2. The standard InChI is InChI=1S/C22H21F3N2O4/c1-14-6-15(9-27-10-18(11-27)21(28)29)2-4-19(14)30-12-16-3-5-20(17(7-16)8-26)31-13-22(23,24)25/h2-7,18H,9-13H2,1H3,(H,28,29). The Morgan fingerprint density at radius 1 is 1.16 bits per heavy atom. The van der Waals surface area contributed by atoms with Crippen LogP contribution in [-0.2, 0) is 17.9 Å². The summed E-state index contributed by atoms with van der Waals surface area (Å²) in [7, 11) is 0. The molecule has 3 rings (SSSR count). The molecule has 2 aromatic rings. The van der Waals surface area contributed by atoms with Gasteiger partial charge in [0.25, 0.3) is 0 Å². The van der Waals surface area contributed by atoms with Crippen molar-refractivity contribution in [3.05, 3.63) is 58.7 Å². The summed E-state index contributed by atoms with van der Waals surface area (Å²) in [5.41, 5.74) is 2.58. The molecule has 1 saturated heterocycles. The number of aryl methyl sites for hydroxylation is 1. The monoisotopic (exact) mass is 434 g/mol. The molecule has 0 unspecified atom stereocenters. The Balaban J connectivity index is 1.57. The van der Waals surface area contributed by atoms with Crippen molar-refractivity contribution in [1.82, 2.24) is 4.90 Å². The summed E-state index contributed by atoms with van der Waals surface area (Å²) in [6.07, 6.45) is -4.48. The summed E-state index contributed by atoms with van der Waals surface area (Å²) >= 11 is 0. The highest BCUT2D eigenvalue weighted by atomic mass is 19.4. The first-order valence-electron chi connectivity index (χ1n) is 9.54. The van der Waals surface area contributed by atoms with E-state index in [1.54, 1.807) is 6.07 Å². The van der Waals surface area contributed by atoms with Gasteiger partial charge in [0.05, 0.1) is 11.5 Å². The van der Waals surface area contributed by atoms with Crippen LogP contribution in [0, 0.1) is 24.2 Å². The zero-order valence-corrected chi connectivity index (χ0v) is 16.8. The molecule has 2 aromatic carbocycles. The minimum atomic E-state index is -4.48. The summed E-state index contributed by atoms with van der Waals surface area (Å²) in [6, 6.07) is 11.9. The van der Waals surface area contributed by atoms with E-state index in [1.165, 1.54) is 12.1 Å². The Kier molecular flexibility index (Phi) is 6.71. The molecule has 31 heavy (non-hydrogen) atoms. The number of hydrogen-bond donors (Lipinski definition) is 1. The van der Waals surface area contributed by atoms with E-state index in [4.69, 9.17) is 9.84 Å². The predicted octanol–water partition coefficient (Wildman–Crippen LogP) is 3.90. The van der Waals surface area contributed by atoms with Crippen LogP contribution in [0.3, 0.4) is 0 Å². The number of nitriles is 1. The molecule has 1 aliphatic rings. The highest BCUT2D eigenvalue weighted by Gasteiger charge is 2.32. The number of ether oxygens (including phenoxy) is 2. The third kappa shape index (κ3) is 6.12. The normalized spacial score (nSPS) is 14.5. The van der Waals surface area contributed by atoms with Crippen LogP contribution < -0.4 is 9.47 Å². The first-order chi connectivity index (χ1) is 14.6. The minimum Gasteiger partial charge on any atom is -0.489 e. The lowest BCUT2D eigenvalue weighted by molar-refractivity contribution is -0.153. The molecule has 0 saturated carbocycles. The molecule has 0 aliphatic carbocycles. The average molecular weight is 434 g/mol. The molecule has 1 fully saturated rings. The Morgan fingerprint density at radius 3 is 2.45 bits per heavy atom. The van der Waals surface area contributed by atoms with Gasteiger partial charge in [-0.15, -0.1) is 0 Å². The van der Waals surface area contributed by atoms with E-state index in [2.05, 4.69) is 9.64 Å². The number of carboxylic acids is 1. The highest BCUT2D eigenvalue weighted by molar-refractivity contribution is 5.71. The van der Waals surface area contributed by atoms with Crippen molar-refractivity contribution in [2.75, 3.05) is 19.7 Å². The van der Waals surface area contributed by atoms with Crippen molar-refractivity contribution in [1.29, 1.82) is 5.26 Å². The number of hydrogen-bond acceptors (Lipinski definition) is 5. The Hall–Kier alpha value is -3.25. The maximum absolute atomic E-state index is 12.3. The summed E-state index contributed by atoms with van der Waals surface area (Å²) in [4.78, 5) is 12.9. The topological polar surface area (TPSA) is 82.8 Å². The molecule has 0 amide bonds. The molecule has 164 valence electrons. The van der Waals surface area contributed by atoms with Gasteiger partial charge in [-0.05, 0) is 41.8 Å². The smallest absolute Gasteiger partial charge is 0.422 e. The van der Waals surface area contributed by atoms with Gasteiger partial charge in [-0.25, -0.2) is 0 Å². The van der Waals surface area contributed by atoms with E-state index in [0.29, 0.717) is 30.9 Å². The maximum atomic E-state index is 12.3. The lowest BCUT2D eigenvalue weighted by Crippen LogP contribution is -2.49. The van der Waals surface area contributed by atoms with Crippen LogP contribution in [0.15, 0.2) is 36.4 Å². The second-order valence-corrected chi connectivity index (χ2v) is 7.46. The summed E-state index contributed by atoms with van der Waals surface area (Å²) < 4.78 is 47.4. The average Bonchev–Trinajstić information content (AvgIpc) is 2.67. The van der Waals surface area contributed by atoms with Crippen molar-refractivity contribution in [2.24, 2.45) is 5.92 Å². The molecule has 0 spiro atoms. The predicted molar refractivity (Wildman–Crippen MR) is 105 cm³/mol. The van der Waals surface area contributed by atoms with E-state index < -0.39 is 18.8 Å². The summed E-state index contributed by atoms with van der Waals surface area (Å²) in [5, 5.41) is 18.1. The van der Waals surface area contributed by atoms with E-state index in [9.17, 15) is 23.2 Å². The molecule has 0 bridgehead atoms. The van der Waals surface area contributed by atoms with Gasteiger partial charge in [0.2, 0.25) is 0 Å². The first kappa shape index (κ1) is 22.4. The Labute approximate surface area is 177 Å². The van der Waals surface area contributed by atoms with Crippen LogP contribution in [0.4, 0.5) is 13.2 Å².